The molecule has 122 valence electrons. The Labute approximate surface area is 124 Å². The van der Waals surface area contributed by atoms with Gasteiger partial charge >= 0.3 is 5.97 Å². The molecular formula is C12H16N2O8. The van der Waals surface area contributed by atoms with Gasteiger partial charge in [0.2, 0.25) is 0 Å². The molecule has 0 radical (unpaired) electrons. The van der Waals surface area contributed by atoms with Crippen LogP contribution in [0.3, 0.4) is 0 Å². The van der Waals surface area contributed by atoms with Crippen LogP contribution in [0, 0.1) is 5.21 Å². The molecule has 1 fully saturated rings. The lowest BCUT2D eigenvalue weighted by Crippen LogP contribution is -2.99. The molecule has 5 unspecified atom stereocenters. The summed E-state index contributed by atoms with van der Waals surface area (Å²) < 4.78 is 5.18. The van der Waals surface area contributed by atoms with Gasteiger partial charge in [-0.1, -0.05) is 0 Å². The van der Waals surface area contributed by atoms with Gasteiger partial charge in [-0.15, -0.1) is 0 Å². The zero-order chi connectivity index (χ0) is 16.4. The maximum absolute atomic E-state index is 11.0. The molecule has 5 atom stereocenters. The molecule has 1 saturated heterocycles. The Morgan fingerprint density at radius 1 is 1.32 bits per heavy atom. The van der Waals surface area contributed by atoms with Crippen molar-refractivity contribution >= 4 is 17.3 Å². The number of quaternary nitrogens is 1. The lowest BCUT2D eigenvalue weighted by atomic mass is 10.1. The number of anilines is 1. The summed E-state index contributed by atoms with van der Waals surface area (Å²) in [4.78, 5) is 11.0. The Balaban J connectivity index is 2.24. The van der Waals surface area contributed by atoms with Gasteiger partial charge in [-0.2, -0.15) is 5.23 Å². The predicted octanol–water partition coefficient (Wildman–Crippen LogP) is -2.36. The van der Waals surface area contributed by atoms with Gasteiger partial charge in [-0.25, -0.2) is 10.0 Å². The lowest BCUT2D eigenvalue weighted by Gasteiger charge is -2.19. The number of aliphatic hydroxyl groups excluding tert-OH is 3. The van der Waals surface area contributed by atoms with Gasteiger partial charge in [-0.05, 0) is 6.07 Å². The first-order chi connectivity index (χ1) is 10.3. The number of carbonyl (C=O) groups is 1. The molecule has 1 aromatic rings. The summed E-state index contributed by atoms with van der Waals surface area (Å²) in [6.07, 6.45) is -4.78. The van der Waals surface area contributed by atoms with Crippen LogP contribution in [0.25, 0.3) is 0 Å². The van der Waals surface area contributed by atoms with Gasteiger partial charge in [0, 0.05) is 17.8 Å². The van der Waals surface area contributed by atoms with Gasteiger partial charge < -0.3 is 35.7 Å². The number of hydrogen-bond donors (Lipinski definition) is 7. The van der Waals surface area contributed by atoms with E-state index >= 15 is 0 Å². The molecule has 10 heteroatoms. The van der Waals surface area contributed by atoms with E-state index in [2.05, 4.69) is 5.32 Å². The summed E-state index contributed by atoms with van der Waals surface area (Å²) in [5, 5.41) is 58.7. The van der Waals surface area contributed by atoms with Crippen LogP contribution >= 0.6 is 0 Å². The summed E-state index contributed by atoms with van der Waals surface area (Å²) in [6.45, 7) is -0.508. The van der Waals surface area contributed by atoms with Crippen LogP contribution in [0.2, 0.25) is 0 Å². The van der Waals surface area contributed by atoms with Gasteiger partial charge in [0.1, 0.15) is 18.3 Å². The normalized spacial score (nSPS) is 29.3. The fourth-order valence-electron chi connectivity index (χ4n) is 2.14. The van der Waals surface area contributed by atoms with E-state index in [4.69, 9.17) is 20.2 Å². The fourth-order valence-corrected chi connectivity index (χ4v) is 2.14. The van der Waals surface area contributed by atoms with Crippen molar-refractivity contribution in [2.24, 2.45) is 0 Å². The number of carboxylic acid groups (broad SMARTS) is 1. The molecule has 10 nitrogen and oxygen atoms in total. The third-order valence-corrected chi connectivity index (χ3v) is 3.28. The number of aliphatic hydroxyl groups is 3. The van der Waals surface area contributed by atoms with Crippen LogP contribution in [0.4, 0.5) is 11.4 Å². The van der Waals surface area contributed by atoms with Crippen LogP contribution in [-0.4, -0.2) is 62.7 Å². The van der Waals surface area contributed by atoms with Crippen LogP contribution < -0.4 is 10.5 Å². The van der Waals surface area contributed by atoms with Crippen molar-refractivity contribution in [3.63, 3.8) is 0 Å². The molecule has 1 aliphatic rings. The quantitative estimate of drug-likeness (QED) is 0.294. The Hall–Kier alpha value is -1.79. The summed E-state index contributed by atoms with van der Waals surface area (Å²) in [7, 11) is 0. The third kappa shape index (κ3) is 3.34. The molecule has 1 aromatic carbocycles. The fraction of sp³-hybridized carbons (Fsp3) is 0.417. The minimum Gasteiger partial charge on any atom is -0.595 e. The maximum Gasteiger partial charge on any atom is 0.335 e. The number of ether oxygens (including phenoxy) is 1. The Morgan fingerprint density at radius 2 is 2.00 bits per heavy atom. The first-order valence-corrected chi connectivity index (χ1v) is 6.34. The number of benzene rings is 1. The molecule has 0 aromatic heterocycles. The van der Waals surface area contributed by atoms with Crippen molar-refractivity contribution in [1.82, 2.24) is 0 Å². The highest BCUT2D eigenvalue weighted by atomic mass is 16.8. The van der Waals surface area contributed by atoms with E-state index in [1.165, 1.54) is 12.1 Å². The Kier molecular flexibility index (Phi) is 4.93. The van der Waals surface area contributed by atoms with Gasteiger partial charge in [0.15, 0.2) is 11.9 Å². The molecule has 0 bridgehead atoms. The number of carboxylic acids is 1. The minimum atomic E-state index is -1.36. The first kappa shape index (κ1) is 16.6. The Bertz CT molecular complexity index is 552. The minimum absolute atomic E-state index is 0.0899. The molecule has 0 aliphatic carbocycles. The van der Waals surface area contributed by atoms with Crippen LogP contribution in [0.5, 0.6) is 0 Å². The highest BCUT2D eigenvalue weighted by molar-refractivity contribution is 5.89. The molecule has 2 rings (SSSR count). The Morgan fingerprint density at radius 3 is 2.50 bits per heavy atom. The second kappa shape index (κ2) is 6.54. The largest absolute Gasteiger partial charge is 0.595 e. The molecular weight excluding hydrogens is 300 g/mol. The average Bonchev–Trinajstić information content (AvgIpc) is 2.74. The number of nitrogens with one attached hydrogen (secondary N) is 2. The van der Waals surface area contributed by atoms with Crippen molar-refractivity contribution in [2.75, 3.05) is 11.9 Å². The van der Waals surface area contributed by atoms with E-state index in [1.54, 1.807) is 0 Å². The summed E-state index contributed by atoms with van der Waals surface area (Å²) >= 11 is 0. The smallest absolute Gasteiger partial charge is 0.335 e. The zero-order valence-corrected chi connectivity index (χ0v) is 11.2. The van der Waals surface area contributed by atoms with Crippen LogP contribution in [-0.2, 0) is 4.74 Å². The van der Waals surface area contributed by atoms with E-state index < -0.39 is 42.3 Å². The maximum atomic E-state index is 11.0. The van der Waals surface area contributed by atoms with Crippen molar-refractivity contribution in [2.45, 2.75) is 24.5 Å². The molecule has 0 spiro atoms. The zero-order valence-electron chi connectivity index (χ0n) is 11.2. The van der Waals surface area contributed by atoms with Crippen molar-refractivity contribution < 1.29 is 40.4 Å². The van der Waals surface area contributed by atoms with E-state index in [9.17, 15) is 20.2 Å². The van der Waals surface area contributed by atoms with Crippen molar-refractivity contribution in [1.29, 1.82) is 0 Å². The van der Waals surface area contributed by atoms with Gasteiger partial charge in [-0.3, -0.25) is 0 Å². The second-order valence-electron chi connectivity index (χ2n) is 4.81. The molecule has 1 heterocycles. The first-order valence-electron chi connectivity index (χ1n) is 6.34. The van der Waals surface area contributed by atoms with Crippen LogP contribution in [0.1, 0.15) is 10.4 Å². The van der Waals surface area contributed by atoms with Crippen molar-refractivity contribution in [3.8, 4) is 0 Å². The highest BCUT2D eigenvalue weighted by Gasteiger charge is 2.42. The number of hydrogen-bond acceptors (Lipinski definition) is 8. The average molecular weight is 316 g/mol. The van der Waals surface area contributed by atoms with E-state index in [0.717, 1.165) is 6.07 Å². The number of aromatic carboxylic acids is 1. The number of rotatable bonds is 5. The van der Waals surface area contributed by atoms with Crippen molar-refractivity contribution in [3.05, 3.63) is 29.0 Å². The summed E-state index contributed by atoms with van der Waals surface area (Å²) in [5.41, 5.74) is -0.421. The van der Waals surface area contributed by atoms with E-state index in [-0.39, 0.29) is 16.9 Å². The predicted molar refractivity (Wildman–Crippen MR) is 70.6 cm³/mol. The summed E-state index contributed by atoms with van der Waals surface area (Å²) in [5.74, 6) is -1.31. The molecule has 1 aliphatic heterocycles. The molecule has 0 amide bonds. The second-order valence-corrected chi connectivity index (χ2v) is 4.81. The highest BCUT2D eigenvalue weighted by Crippen LogP contribution is 2.24. The molecule has 7 N–H and O–H groups in total. The van der Waals surface area contributed by atoms with Gasteiger partial charge in [0.25, 0.3) is 0 Å². The lowest BCUT2D eigenvalue weighted by molar-refractivity contribution is -0.991. The summed E-state index contributed by atoms with van der Waals surface area (Å²) in [6, 6.07) is 3.33. The van der Waals surface area contributed by atoms with Crippen LogP contribution in [0.15, 0.2) is 18.2 Å². The topological polar surface area (TPSA) is 167 Å². The molecule has 0 saturated carbocycles. The van der Waals surface area contributed by atoms with E-state index in [1.807, 2.05) is 0 Å². The SMILES string of the molecule is O=C(O)c1cc(NC2OC(CO)C(O)C2O)cc([NH+]([O-])O)c1. The van der Waals surface area contributed by atoms with E-state index in [0.29, 0.717) is 0 Å². The van der Waals surface area contributed by atoms with Gasteiger partial charge in [0.05, 0.1) is 12.2 Å². The third-order valence-electron chi connectivity index (χ3n) is 3.28. The monoisotopic (exact) mass is 316 g/mol. The standard InChI is InChI=1S/C12H16N2O8/c15-4-8-9(16)10(17)11(22-8)13-6-1-5(12(18)19)2-7(3-6)14(20)21/h1-3,8-11,13-17,20H,4H2,(H,18,19). The molecule has 22 heavy (non-hydrogen) atoms.